The van der Waals surface area contributed by atoms with Gasteiger partial charge in [-0.2, -0.15) is 0 Å². The van der Waals surface area contributed by atoms with Crippen molar-refractivity contribution in [2.45, 2.75) is 78.3 Å². The predicted octanol–water partition coefficient (Wildman–Crippen LogP) is 5.83. The molecule has 1 saturated heterocycles. The van der Waals surface area contributed by atoms with Crippen LogP contribution in [-0.2, 0) is 14.3 Å². The minimum atomic E-state index is -0.769. The Kier molecular flexibility index (Phi) is 9.88. The van der Waals surface area contributed by atoms with Gasteiger partial charge in [-0.3, -0.25) is 9.59 Å². The molecule has 40 heavy (non-hydrogen) atoms. The molecule has 0 spiro atoms. The number of carbonyl (C=O) groups excluding carboxylic acids is 3. The molecule has 2 atom stereocenters. The predicted molar refractivity (Wildman–Crippen MR) is 158 cm³/mol. The lowest BCUT2D eigenvalue weighted by atomic mass is 9.97. The molecule has 0 saturated carbocycles. The molecule has 2 aliphatic rings. The highest BCUT2D eigenvalue weighted by molar-refractivity contribution is 5.91. The highest BCUT2D eigenvalue weighted by atomic mass is 16.5. The second-order valence-corrected chi connectivity index (χ2v) is 11.9. The van der Waals surface area contributed by atoms with Crippen molar-refractivity contribution in [3.8, 4) is 11.1 Å². The fraction of sp³-hybridized carbons (Fsp3) is 0.545. The van der Waals surface area contributed by atoms with Crippen molar-refractivity contribution in [2.24, 2.45) is 11.8 Å². The van der Waals surface area contributed by atoms with Gasteiger partial charge in [-0.1, -0.05) is 83.1 Å². The minimum absolute atomic E-state index is 0.0127. The summed E-state index contributed by atoms with van der Waals surface area (Å²) in [6.07, 6.45) is 2.58. The summed E-state index contributed by atoms with van der Waals surface area (Å²) in [7, 11) is 0. The molecule has 2 aromatic rings. The maximum absolute atomic E-state index is 14.0. The summed E-state index contributed by atoms with van der Waals surface area (Å²) in [6, 6.07) is 15.1. The number of nitrogens with zero attached hydrogens (tertiary/aromatic N) is 2. The summed E-state index contributed by atoms with van der Waals surface area (Å²) >= 11 is 0. The molecule has 7 nitrogen and oxygen atoms in total. The van der Waals surface area contributed by atoms with Crippen LogP contribution in [0.3, 0.4) is 0 Å². The topological polar surface area (TPSA) is 79.0 Å². The van der Waals surface area contributed by atoms with Crippen molar-refractivity contribution in [2.75, 3.05) is 26.2 Å². The van der Waals surface area contributed by atoms with E-state index in [1.165, 1.54) is 0 Å². The van der Waals surface area contributed by atoms with Gasteiger partial charge in [0.05, 0.1) is 0 Å². The van der Waals surface area contributed by atoms with Crippen molar-refractivity contribution < 1.29 is 19.1 Å². The molecule has 1 fully saturated rings. The molecule has 1 N–H and O–H groups in total. The van der Waals surface area contributed by atoms with Crippen LogP contribution < -0.4 is 5.32 Å². The van der Waals surface area contributed by atoms with Gasteiger partial charge in [0.25, 0.3) is 0 Å². The van der Waals surface area contributed by atoms with Gasteiger partial charge >= 0.3 is 6.09 Å². The van der Waals surface area contributed by atoms with E-state index in [1.807, 2.05) is 63.8 Å². The van der Waals surface area contributed by atoms with Gasteiger partial charge in [0, 0.05) is 25.6 Å². The molecule has 2 aromatic carbocycles. The largest absolute Gasteiger partial charge is 0.449 e. The molecular weight excluding hydrogens is 502 g/mol. The monoisotopic (exact) mass is 547 g/mol. The molecule has 7 heteroatoms. The van der Waals surface area contributed by atoms with Crippen molar-refractivity contribution in [1.29, 1.82) is 0 Å². The van der Waals surface area contributed by atoms with Crippen LogP contribution in [-0.4, -0.2) is 66.0 Å². The molecule has 0 radical (unpaired) electrons. The van der Waals surface area contributed by atoms with Crippen molar-refractivity contribution in [3.63, 3.8) is 0 Å². The first-order valence-electron chi connectivity index (χ1n) is 14.9. The first-order valence-corrected chi connectivity index (χ1v) is 14.9. The molecule has 3 amide bonds. The Hall–Kier alpha value is -3.35. The molecule has 4 rings (SSSR count). The number of fused-ring (bicyclic) bond motifs is 3. The summed E-state index contributed by atoms with van der Waals surface area (Å²) < 4.78 is 5.78. The van der Waals surface area contributed by atoms with Crippen molar-refractivity contribution in [1.82, 2.24) is 15.1 Å². The molecule has 1 aliphatic heterocycles. The quantitative estimate of drug-likeness (QED) is 0.384. The number of hydrogen-bond acceptors (Lipinski definition) is 4. The second kappa shape index (κ2) is 13.3. The number of nitrogens with one attached hydrogen (secondary N) is 1. The van der Waals surface area contributed by atoms with E-state index in [2.05, 4.69) is 29.6 Å². The Labute approximate surface area is 239 Å². The second-order valence-electron chi connectivity index (χ2n) is 11.9. The molecule has 1 aliphatic carbocycles. The Morgan fingerprint density at radius 3 is 2.05 bits per heavy atom. The Morgan fingerprint density at radius 1 is 0.950 bits per heavy atom. The summed E-state index contributed by atoms with van der Waals surface area (Å²) in [5.41, 5.74) is 4.61. The highest BCUT2D eigenvalue weighted by Gasteiger charge is 2.39. The van der Waals surface area contributed by atoms with E-state index in [0.717, 1.165) is 54.6 Å². The number of likely N-dealkylation sites (tertiary alicyclic amines) is 1. The van der Waals surface area contributed by atoms with E-state index in [0.29, 0.717) is 13.0 Å². The van der Waals surface area contributed by atoms with Gasteiger partial charge in [0.1, 0.15) is 18.7 Å². The van der Waals surface area contributed by atoms with Crippen molar-refractivity contribution >= 4 is 17.9 Å². The third-order valence-corrected chi connectivity index (χ3v) is 8.03. The number of alkyl carbamates (subject to hydrolysis) is 1. The highest BCUT2D eigenvalue weighted by Crippen LogP contribution is 2.44. The Bertz CT molecular complexity index is 1140. The Balaban J connectivity index is 1.49. The van der Waals surface area contributed by atoms with Gasteiger partial charge in [-0.05, 0) is 59.8 Å². The molecule has 0 bridgehead atoms. The Morgan fingerprint density at radius 2 is 1.52 bits per heavy atom. The summed E-state index contributed by atoms with van der Waals surface area (Å²) in [5, 5.41) is 2.88. The first-order chi connectivity index (χ1) is 19.2. The number of amides is 3. The van der Waals surface area contributed by atoms with E-state index in [-0.39, 0.29) is 36.2 Å². The van der Waals surface area contributed by atoms with Crippen molar-refractivity contribution in [3.05, 3.63) is 59.7 Å². The van der Waals surface area contributed by atoms with Crippen LogP contribution in [0.25, 0.3) is 11.1 Å². The number of rotatable bonds is 11. The van der Waals surface area contributed by atoms with E-state index >= 15 is 0 Å². The zero-order chi connectivity index (χ0) is 28.8. The van der Waals surface area contributed by atoms with Gasteiger partial charge in [-0.15, -0.1) is 0 Å². The average Bonchev–Trinajstić information content (AvgIpc) is 3.57. The lowest BCUT2D eigenvalue weighted by Crippen LogP contribution is -2.58. The van der Waals surface area contributed by atoms with E-state index in [1.54, 1.807) is 4.90 Å². The lowest BCUT2D eigenvalue weighted by molar-refractivity contribution is -0.148. The zero-order valence-electron chi connectivity index (χ0n) is 24.7. The van der Waals surface area contributed by atoms with Gasteiger partial charge in [0.15, 0.2) is 0 Å². The number of carbonyl (C=O) groups is 3. The average molecular weight is 548 g/mol. The van der Waals surface area contributed by atoms with Crippen LogP contribution in [0.15, 0.2) is 48.5 Å². The third kappa shape index (κ3) is 6.51. The molecule has 0 aromatic heterocycles. The molecule has 1 unspecified atom stereocenters. The van der Waals surface area contributed by atoms with Crippen LogP contribution in [0.1, 0.15) is 77.3 Å². The third-order valence-electron chi connectivity index (χ3n) is 8.03. The summed E-state index contributed by atoms with van der Waals surface area (Å²) in [5.74, 6) is -0.137. The zero-order valence-corrected chi connectivity index (χ0v) is 24.7. The van der Waals surface area contributed by atoms with Crippen LogP contribution in [0.2, 0.25) is 0 Å². The van der Waals surface area contributed by atoms with E-state index < -0.39 is 18.2 Å². The van der Waals surface area contributed by atoms with Gasteiger partial charge in [0.2, 0.25) is 11.8 Å². The molecule has 216 valence electrons. The number of benzene rings is 2. The van der Waals surface area contributed by atoms with Crippen LogP contribution in [0, 0.1) is 11.8 Å². The fourth-order valence-corrected chi connectivity index (χ4v) is 6.21. The SMILES string of the molecule is CCCN(C(=O)[C@H](CC(C)C)NC(=O)OCC1c2ccccc2-c2ccccc21)C(C(=O)N1CCCC1)C(C)C. The normalized spacial score (nSPS) is 16.0. The van der Waals surface area contributed by atoms with E-state index in [4.69, 9.17) is 4.74 Å². The van der Waals surface area contributed by atoms with Crippen LogP contribution >= 0.6 is 0 Å². The maximum atomic E-state index is 14.0. The number of hydrogen-bond donors (Lipinski definition) is 1. The maximum Gasteiger partial charge on any atom is 0.407 e. The lowest BCUT2D eigenvalue weighted by Gasteiger charge is -2.38. The smallest absolute Gasteiger partial charge is 0.407 e. The summed E-state index contributed by atoms with van der Waals surface area (Å²) in [6.45, 7) is 12.2. The number of ether oxygens (including phenoxy) is 1. The van der Waals surface area contributed by atoms with Crippen LogP contribution in [0.4, 0.5) is 4.79 Å². The summed E-state index contributed by atoms with van der Waals surface area (Å²) in [4.78, 5) is 44.4. The molecule has 1 heterocycles. The first kappa shape index (κ1) is 29.6. The molecular formula is C33H45N3O4. The van der Waals surface area contributed by atoms with Crippen LogP contribution in [0.5, 0.6) is 0 Å². The standard InChI is InChI=1S/C33H45N3O4/c1-6-17-36(30(23(4)5)32(38)35-18-11-12-19-35)31(37)29(20-22(2)3)34-33(39)40-21-28-26-15-9-7-13-24(26)25-14-8-10-16-27(25)28/h7-10,13-16,22-23,28-30H,6,11-12,17-21H2,1-5H3,(H,34,39)/t29-,30?/m0/s1. The van der Waals surface area contributed by atoms with Gasteiger partial charge in [-0.25, -0.2) is 4.79 Å². The van der Waals surface area contributed by atoms with Gasteiger partial charge < -0.3 is 19.9 Å². The van der Waals surface area contributed by atoms with E-state index in [9.17, 15) is 14.4 Å². The minimum Gasteiger partial charge on any atom is -0.449 e. The fourth-order valence-electron chi connectivity index (χ4n) is 6.21.